The lowest BCUT2D eigenvalue weighted by atomic mass is 9.91. The van der Waals surface area contributed by atoms with Crippen molar-refractivity contribution in [1.82, 2.24) is 14.8 Å². The quantitative estimate of drug-likeness (QED) is 0.290. The number of hydrogen-bond donors (Lipinski definition) is 3. The first-order valence-electron chi connectivity index (χ1n) is 11.6. The zero-order valence-corrected chi connectivity index (χ0v) is 21.0. The number of nitrogens with one attached hydrogen (secondary N) is 2. The maximum Gasteiger partial charge on any atom is 0.324 e. The van der Waals surface area contributed by atoms with Crippen LogP contribution in [0.25, 0.3) is 5.69 Å². The molecule has 3 amide bonds. The molecule has 0 bridgehead atoms. The number of hydrogen-bond acceptors (Lipinski definition) is 5. The maximum absolute atomic E-state index is 13.9. The Morgan fingerprint density at radius 3 is 2.26 bits per heavy atom. The molecule has 2 aromatic carbocycles. The number of rotatable bonds is 7. The minimum Gasteiger partial charge on any atom is -0.457 e. The number of amides is 3. The summed E-state index contributed by atoms with van der Waals surface area (Å²) in [4.78, 5) is 27.9. The van der Waals surface area contributed by atoms with Gasteiger partial charge in [-0.2, -0.15) is 5.10 Å². The lowest BCUT2D eigenvalue weighted by molar-refractivity contribution is 0.0995. The molecule has 4 aromatic rings. The highest BCUT2D eigenvalue weighted by Gasteiger charge is 2.19. The largest absolute Gasteiger partial charge is 0.457 e. The first kappa shape index (κ1) is 26.3. The van der Waals surface area contributed by atoms with Crippen LogP contribution >= 0.6 is 0 Å². The van der Waals surface area contributed by atoms with E-state index in [1.54, 1.807) is 36.4 Å². The Morgan fingerprint density at radius 1 is 0.947 bits per heavy atom. The molecule has 0 aliphatic carbocycles. The molecule has 0 fully saturated rings. The van der Waals surface area contributed by atoms with Crippen molar-refractivity contribution >= 4 is 23.4 Å². The van der Waals surface area contributed by atoms with Gasteiger partial charge in [-0.1, -0.05) is 20.8 Å². The van der Waals surface area contributed by atoms with Gasteiger partial charge in [0.2, 0.25) is 0 Å². The fourth-order valence-electron chi connectivity index (χ4n) is 3.64. The highest BCUT2D eigenvalue weighted by molar-refractivity contribution is 5.99. The summed E-state index contributed by atoms with van der Waals surface area (Å²) in [5, 5.41) is 9.86. The van der Waals surface area contributed by atoms with E-state index in [0.717, 1.165) is 18.2 Å². The van der Waals surface area contributed by atoms with Crippen LogP contribution in [0.5, 0.6) is 11.5 Å². The predicted octanol–water partition coefficient (Wildman–Crippen LogP) is 5.67. The molecular weight excluding hydrogens is 494 g/mol. The van der Waals surface area contributed by atoms with E-state index in [2.05, 4.69) is 20.7 Å². The average molecular weight is 521 g/mol. The summed E-state index contributed by atoms with van der Waals surface area (Å²) in [6.07, 6.45) is 1.99. The van der Waals surface area contributed by atoms with E-state index in [4.69, 9.17) is 10.5 Å². The van der Waals surface area contributed by atoms with Gasteiger partial charge in [0.1, 0.15) is 34.6 Å². The van der Waals surface area contributed by atoms with Gasteiger partial charge < -0.3 is 15.8 Å². The van der Waals surface area contributed by atoms with Gasteiger partial charge >= 0.3 is 6.03 Å². The first-order chi connectivity index (χ1) is 17.9. The molecule has 2 heterocycles. The molecular formula is C27H26F2N6O3. The number of aromatic nitrogens is 3. The maximum atomic E-state index is 13.9. The van der Waals surface area contributed by atoms with Crippen LogP contribution in [0.2, 0.25) is 0 Å². The van der Waals surface area contributed by atoms with Gasteiger partial charge in [-0.05, 0) is 54.3 Å². The monoisotopic (exact) mass is 520 g/mol. The number of carbonyl (C=O) groups excluding carboxylic acids is 2. The molecule has 4 rings (SSSR count). The number of benzene rings is 2. The van der Waals surface area contributed by atoms with E-state index in [9.17, 15) is 18.4 Å². The summed E-state index contributed by atoms with van der Waals surface area (Å²) in [5.41, 5.74) is 6.45. The number of carbonyl (C=O) groups is 2. The number of urea groups is 1. The normalized spacial score (nSPS) is 11.2. The minimum absolute atomic E-state index is 0.0725. The van der Waals surface area contributed by atoms with Gasteiger partial charge in [0.05, 0.1) is 11.4 Å². The van der Waals surface area contributed by atoms with Crippen molar-refractivity contribution in [3.63, 3.8) is 0 Å². The second-order valence-corrected chi connectivity index (χ2v) is 9.74. The number of nitrogens with two attached hydrogens (primary N) is 1. The third-order valence-electron chi connectivity index (χ3n) is 5.14. The van der Waals surface area contributed by atoms with Gasteiger partial charge in [0.15, 0.2) is 0 Å². The summed E-state index contributed by atoms with van der Waals surface area (Å²) >= 11 is 0. The van der Waals surface area contributed by atoms with Gasteiger partial charge in [-0.15, -0.1) is 0 Å². The zero-order valence-electron chi connectivity index (χ0n) is 21.0. The molecule has 38 heavy (non-hydrogen) atoms. The predicted molar refractivity (Wildman–Crippen MR) is 139 cm³/mol. The van der Waals surface area contributed by atoms with Crippen molar-refractivity contribution in [1.29, 1.82) is 0 Å². The molecule has 0 aliphatic rings. The molecule has 0 saturated heterocycles. The summed E-state index contributed by atoms with van der Waals surface area (Å²) in [5.74, 6) is -1.12. The zero-order chi connectivity index (χ0) is 27.4. The molecule has 0 spiro atoms. The van der Waals surface area contributed by atoms with Crippen LogP contribution in [0, 0.1) is 17.0 Å². The number of nitrogens with zero attached hydrogens (tertiary/aromatic N) is 3. The van der Waals surface area contributed by atoms with Crippen molar-refractivity contribution in [2.45, 2.75) is 27.2 Å². The van der Waals surface area contributed by atoms with E-state index in [1.165, 1.54) is 16.9 Å². The highest BCUT2D eigenvalue weighted by Crippen LogP contribution is 2.26. The number of halogens is 2. The summed E-state index contributed by atoms with van der Waals surface area (Å²) in [6, 6.07) is 13.6. The van der Waals surface area contributed by atoms with Crippen LogP contribution < -0.4 is 21.1 Å². The van der Waals surface area contributed by atoms with Crippen molar-refractivity contribution < 1.29 is 23.1 Å². The van der Waals surface area contributed by atoms with E-state index in [0.29, 0.717) is 29.3 Å². The van der Waals surface area contributed by atoms with Crippen LogP contribution in [0.1, 0.15) is 37.0 Å². The molecule has 0 atom stereocenters. The smallest absolute Gasteiger partial charge is 0.324 e. The van der Waals surface area contributed by atoms with Gasteiger partial charge in [-0.25, -0.2) is 18.3 Å². The Bertz CT molecular complexity index is 1460. The van der Waals surface area contributed by atoms with Crippen molar-refractivity contribution in [3.05, 3.63) is 89.9 Å². The molecule has 196 valence electrons. The van der Waals surface area contributed by atoms with Crippen LogP contribution in [0.15, 0.2) is 66.9 Å². The summed E-state index contributed by atoms with van der Waals surface area (Å²) < 4.78 is 34.8. The number of anilines is 2. The second-order valence-electron chi connectivity index (χ2n) is 9.74. The van der Waals surface area contributed by atoms with Crippen LogP contribution in [0.4, 0.5) is 25.1 Å². The molecule has 11 heteroatoms. The van der Waals surface area contributed by atoms with E-state index in [1.807, 2.05) is 20.8 Å². The average Bonchev–Trinajstić information content (AvgIpc) is 3.20. The topological polar surface area (TPSA) is 124 Å². The van der Waals surface area contributed by atoms with Crippen LogP contribution in [-0.2, 0) is 6.42 Å². The fraction of sp³-hybridized carbons (Fsp3) is 0.185. The lowest BCUT2D eigenvalue weighted by Gasteiger charge is -2.15. The molecule has 9 nitrogen and oxygen atoms in total. The van der Waals surface area contributed by atoms with E-state index in [-0.39, 0.29) is 22.6 Å². The molecule has 0 unspecified atom stereocenters. The molecule has 2 aromatic heterocycles. The highest BCUT2D eigenvalue weighted by atomic mass is 19.1. The Labute approximate surface area is 217 Å². The molecule has 0 radical (unpaired) electrons. The third kappa shape index (κ3) is 6.90. The summed E-state index contributed by atoms with van der Waals surface area (Å²) in [6.45, 7) is 6.10. The Balaban J connectivity index is 1.49. The fourth-order valence-corrected chi connectivity index (χ4v) is 3.64. The Morgan fingerprint density at radius 2 is 1.63 bits per heavy atom. The summed E-state index contributed by atoms with van der Waals surface area (Å²) in [7, 11) is 0. The minimum atomic E-state index is -0.761. The van der Waals surface area contributed by atoms with E-state index >= 15 is 0 Å². The van der Waals surface area contributed by atoms with Gasteiger partial charge in [0.25, 0.3) is 5.91 Å². The van der Waals surface area contributed by atoms with Crippen LogP contribution in [0.3, 0.4) is 0 Å². The number of pyridine rings is 1. The van der Waals surface area contributed by atoms with Gasteiger partial charge in [-0.3, -0.25) is 15.1 Å². The van der Waals surface area contributed by atoms with Crippen molar-refractivity contribution in [2.75, 3.05) is 10.6 Å². The lowest BCUT2D eigenvalue weighted by Crippen LogP contribution is -2.21. The second kappa shape index (κ2) is 10.7. The number of ether oxygens (including phenoxy) is 1. The molecule has 4 N–H and O–H groups in total. The number of primary amides is 1. The Hall–Kier alpha value is -4.80. The third-order valence-corrected chi connectivity index (χ3v) is 5.14. The van der Waals surface area contributed by atoms with Gasteiger partial charge in [0, 0.05) is 30.1 Å². The molecule has 0 saturated carbocycles. The van der Waals surface area contributed by atoms with Crippen molar-refractivity contribution in [3.8, 4) is 17.2 Å². The van der Waals surface area contributed by atoms with E-state index < -0.39 is 23.6 Å². The SMILES string of the molecule is CC(C)(C)Cc1cc(NC(=O)Nc2ccc(Oc3ccnc(C(N)=O)c3)cc2)n(-c2cc(F)cc(F)c2)n1. The van der Waals surface area contributed by atoms with Crippen LogP contribution in [-0.4, -0.2) is 26.7 Å². The first-order valence-corrected chi connectivity index (χ1v) is 11.6. The standard InChI is InChI=1S/C27H26F2N6O3/c1-27(2,3)15-19-13-24(35(34-19)20-11-16(28)10-17(29)12-20)33-26(37)32-18-4-6-21(7-5-18)38-22-8-9-31-23(14-22)25(30)36/h4-14H,15H2,1-3H3,(H2,30,36)(H2,32,33,37). The Kier molecular flexibility index (Phi) is 7.38. The molecule has 0 aliphatic heterocycles. The van der Waals surface area contributed by atoms with Crippen molar-refractivity contribution in [2.24, 2.45) is 11.1 Å².